The Morgan fingerprint density at radius 1 is 1.25 bits per heavy atom. The Kier molecular flexibility index (Phi) is 3.40. The maximum atomic E-state index is 12.7. The average molecular weight is 353 g/mol. The molecule has 1 aliphatic heterocycles. The zero-order valence-corrected chi connectivity index (χ0v) is 13.3. The summed E-state index contributed by atoms with van der Waals surface area (Å²) in [7, 11) is -3.47. The molecule has 2 heterocycles. The highest BCUT2D eigenvalue weighted by molar-refractivity contribution is 9.10. The van der Waals surface area contributed by atoms with Crippen LogP contribution < -0.4 is 0 Å². The third-order valence-corrected chi connectivity index (χ3v) is 5.80. The molecule has 104 valence electrons. The minimum atomic E-state index is -3.47. The summed E-state index contributed by atoms with van der Waals surface area (Å²) >= 11 is 3.36. The molecule has 6 heteroatoms. The third kappa shape index (κ3) is 2.28. The second-order valence-corrected chi connectivity index (χ2v) is 7.62. The van der Waals surface area contributed by atoms with Crippen molar-refractivity contribution < 1.29 is 8.42 Å². The van der Waals surface area contributed by atoms with Gasteiger partial charge in [0.15, 0.2) is 0 Å². The summed E-state index contributed by atoms with van der Waals surface area (Å²) in [6, 6.07) is 8.97. The lowest BCUT2D eigenvalue weighted by Gasteiger charge is -2.16. The second kappa shape index (κ2) is 4.95. The van der Waals surface area contributed by atoms with Crippen LogP contribution >= 0.6 is 15.9 Å². The highest BCUT2D eigenvalue weighted by Gasteiger charge is 2.32. The zero-order chi connectivity index (χ0) is 14.3. The lowest BCUT2D eigenvalue weighted by molar-refractivity contribution is 0.429. The van der Waals surface area contributed by atoms with Crippen molar-refractivity contribution in [3.8, 4) is 0 Å². The first kappa shape index (κ1) is 13.7. The molecule has 0 aliphatic carbocycles. The number of aryl methyl sites for hydroxylation is 1. The summed E-state index contributed by atoms with van der Waals surface area (Å²) in [4.78, 5) is 4.65. The molecule has 0 fully saturated rings. The molecule has 0 N–H and O–H groups in total. The number of sulfonamides is 1. The number of nitrogens with zero attached hydrogens (tertiary/aromatic N) is 2. The maximum Gasteiger partial charge on any atom is 0.243 e. The van der Waals surface area contributed by atoms with Crippen LogP contribution in [0.15, 0.2) is 45.9 Å². The lowest BCUT2D eigenvalue weighted by atomic mass is 10.2. The summed E-state index contributed by atoms with van der Waals surface area (Å²) in [6.45, 7) is 2.52. The highest BCUT2D eigenvalue weighted by atomic mass is 79.9. The van der Waals surface area contributed by atoms with E-state index in [1.807, 2.05) is 25.1 Å². The number of halogens is 1. The van der Waals surface area contributed by atoms with E-state index in [0.717, 1.165) is 21.3 Å². The summed E-state index contributed by atoms with van der Waals surface area (Å²) in [5.74, 6) is 0. The number of rotatable bonds is 2. The Morgan fingerprint density at radius 3 is 2.75 bits per heavy atom. The normalized spacial score (nSPS) is 15.3. The van der Waals surface area contributed by atoms with Gasteiger partial charge in [-0.1, -0.05) is 18.2 Å². The van der Waals surface area contributed by atoms with E-state index in [1.54, 1.807) is 18.3 Å². The van der Waals surface area contributed by atoms with Gasteiger partial charge in [-0.2, -0.15) is 4.31 Å². The van der Waals surface area contributed by atoms with Crippen molar-refractivity contribution in [3.63, 3.8) is 0 Å². The molecule has 20 heavy (non-hydrogen) atoms. The highest BCUT2D eigenvalue weighted by Crippen LogP contribution is 2.29. The molecule has 1 aromatic carbocycles. The molecule has 2 aromatic rings. The lowest BCUT2D eigenvalue weighted by Crippen LogP contribution is -2.26. The first-order valence-corrected chi connectivity index (χ1v) is 8.41. The van der Waals surface area contributed by atoms with Crippen molar-refractivity contribution >= 4 is 26.0 Å². The van der Waals surface area contributed by atoms with E-state index in [9.17, 15) is 8.42 Å². The van der Waals surface area contributed by atoms with Gasteiger partial charge in [0.25, 0.3) is 0 Å². The van der Waals surface area contributed by atoms with Crippen molar-refractivity contribution in [1.29, 1.82) is 0 Å². The average Bonchev–Trinajstić information content (AvgIpc) is 2.82. The summed E-state index contributed by atoms with van der Waals surface area (Å²) < 4.78 is 27.7. The largest absolute Gasteiger partial charge is 0.258 e. The van der Waals surface area contributed by atoms with Crippen LogP contribution in [0, 0.1) is 6.92 Å². The Morgan fingerprint density at radius 2 is 2.00 bits per heavy atom. The van der Waals surface area contributed by atoms with E-state index in [2.05, 4.69) is 20.9 Å². The number of hydrogen-bond donors (Lipinski definition) is 0. The van der Waals surface area contributed by atoms with Gasteiger partial charge in [0.05, 0.1) is 17.1 Å². The number of benzene rings is 1. The van der Waals surface area contributed by atoms with Crippen LogP contribution in [-0.4, -0.2) is 17.7 Å². The molecule has 0 saturated carbocycles. The van der Waals surface area contributed by atoms with E-state index in [1.165, 1.54) is 4.31 Å². The number of pyridine rings is 1. The number of hydrogen-bond acceptors (Lipinski definition) is 3. The fourth-order valence-electron chi connectivity index (χ4n) is 2.36. The van der Waals surface area contributed by atoms with Gasteiger partial charge in [0.1, 0.15) is 0 Å². The van der Waals surface area contributed by atoms with Crippen molar-refractivity contribution in [2.24, 2.45) is 0 Å². The molecule has 3 rings (SSSR count). The second-order valence-electron chi connectivity index (χ2n) is 4.80. The van der Waals surface area contributed by atoms with Crippen LogP contribution in [0.2, 0.25) is 0 Å². The quantitative estimate of drug-likeness (QED) is 0.834. The minimum Gasteiger partial charge on any atom is -0.258 e. The monoisotopic (exact) mass is 352 g/mol. The Hall–Kier alpha value is -1.24. The zero-order valence-electron chi connectivity index (χ0n) is 10.9. The molecule has 0 bridgehead atoms. The van der Waals surface area contributed by atoms with Crippen LogP contribution in [0.1, 0.15) is 16.8 Å². The maximum absolute atomic E-state index is 12.7. The molecule has 0 atom stereocenters. The van der Waals surface area contributed by atoms with Gasteiger partial charge in [-0.15, -0.1) is 0 Å². The Labute approximate surface area is 126 Å². The van der Waals surface area contributed by atoms with Crippen molar-refractivity contribution in [2.45, 2.75) is 24.9 Å². The van der Waals surface area contributed by atoms with Crippen LogP contribution in [-0.2, 0) is 23.1 Å². The van der Waals surface area contributed by atoms with Crippen LogP contribution in [0.3, 0.4) is 0 Å². The molecule has 0 saturated heterocycles. The SMILES string of the molecule is Cc1ccccc1S(=O)(=O)N1Cc2cc(Br)cnc2C1. The van der Waals surface area contributed by atoms with E-state index in [0.29, 0.717) is 18.0 Å². The van der Waals surface area contributed by atoms with Crippen LogP contribution in [0.4, 0.5) is 0 Å². The first-order chi connectivity index (χ1) is 9.48. The fourth-order valence-corrected chi connectivity index (χ4v) is 4.34. The van der Waals surface area contributed by atoms with Gasteiger partial charge in [-0.25, -0.2) is 8.42 Å². The van der Waals surface area contributed by atoms with Gasteiger partial charge in [0, 0.05) is 17.2 Å². The predicted octanol–water partition coefficient (Wildman–Crippen LogP) is 2.86. The van der Waals surface area contributed by atoms with Crippen LogP contribution in [0.5, 0.6) is 0 Å². The number of fused-ring (bicyclic) bond motifs is 1. The first-order valence-electron chi connectivity index (χ1n) is 6.17. The topological polar surface area (TPSA) is 50.3 Å². The summed E-state index contributed by atoms with van der Waals surface area (Å²) in [6.07, 6.45) is 1.70. The minimum absolute atomic E-state index is 0.333. The molecule has 0 amide bonds. The van der Waals surface area contributed by atoms with Crippen LogP contribution in [0.25, 0.3) is 0 Å². The van der Waals surface area contributed by atoms with Gasteiger partial charge < -0.3 is 0 Å². The van der Waals surface area contributed by atoms with Gasteiger partial charge in [-0.05, 0) is 46.1 Å². The summed E-state index contributed by atoms with van der Waals surface area (Å²) in [5.41, 5.74) is 2.54. The van der Waals surface area contributed by atoms with E-state index in [-0.39, 0.29) is 0 Å². The molecular formula is C14H13BrN2O2S. The van der Waals surface area contributed by atoms with E-state index >= 15 is 0 Å². The van der Waals surface area contributed by atoms with Gasteiger partial charge >= 0.3 is 0 Å². The molecule has 4 nitrogen and oxygen atoms in total. The molecule has 0 radical (unpaired) electrons. The Balaban J connectivity index is 1.98. The smallest absolute Gasteiger partial charge is 0.243 e. The third-order valence-electron chi connectivity index (χ3n) is 3.41. The van der Waals surface area contributed by atoms with Crippen molar-refractivity contribution in [3.05, 3.63) is 57.8 Å². The Bertz CT molecular complexity index is 774. The van der Waals surface area contributed by atoms with Crippen molar-refractivity contribution in [1.82, 2.24) is 9.29 Å². The van der Waals surface area contributed by atoms with E-state index in [4.69, 9.17) is 0 Å². The standard InChI is InChI=1S/C14H13BrN2O2S/c1-10-4-2-3-5-14(10)20(18,19)17-8-11-6-12(15)7-16-13(11)9-17/h2-7H,8-9H2,1H3. The van der Waals surface area contributed by atoms with Crippen molar-refractivity contribution in [2.75, 3.05) is 0 Å². The molecule has 0 unspecified atom stereocenters. The number of aromatic nitrogens is 1. The molecule has 1 aliphatic rings. The summed E-state index contributed by atoms with van der Waals surface area (Å²) in [5, 5.41) is 0. The molecule has 0 spiro atoms. The van der Waals surface area contributed by atoms with Gasteiger partial charge in [0.2, 0.25) is 10.0 Å². The fraction of sp³-hybridized carbons (Fsp3) is 0.214. The van der Waals surface area contributed by atoms with E-state index < -0.39 is 10.0 Å². The molecular weight excluding hydrogens is 340 g/mol. The molecule has 1 aromatic heterocycles. The predicted molar refractivity (Wildman–Crippen MR) is 79.5 cm³/mol. The van der Waals surface area contributed by atoms with Gasteiger partial charge in [-0.3, -0.25) is 4.98 Å².